The topological polar surface area (TPSA) is 29.3 Å². The Labute approximate surface area is 124 Å². The Morgan fingerprint density at radius 2 is 1.90 bits per heavy atom. The van der Waals surface area contributed by atoms with Crippen LogP contribution in [0.15, 0.2) is 24.3 Å². The van der Waals surface area contributed by atoms with Crippen molar-refractivity contribution in [2.24, 2.45) is 11.7 Å². The number of hydrogen-bond acceptors (Lipinski definition) is 2. The van der Waals surface area contributed by atoms with Gasteiger partial charge in [-0.05, 0) is 50.6 Å². The minimum Gasteiger partial charge on any atom is -0.324 e. The molecule has 1 saturated carbocycles. The van der Waals surface area contributed by atoms with Crippen molar-refractivity contribution in [1.29, 1.82) is 0 Å². The molecule has 0 heterocycles. The first-order valence-corrected chi connectivity index (χ1v) is 8.12. The Kier molecular flexibility index (Phi) is 5.62. The second-order valence-corrected chi connectivity index (χ2v) is 6.76. The predicted molar refractivity (Wildman–Crippen MR) is 86.8 cm³/mol. The summed E-state index contributed by atoms with van der Waals surface area (Å²) in [6.07, 6.45) is 5.14. The van der Waals surface area contributed by atoms with Crippen molar-refractivity contribution < 1.29 is 0 Å². The van der Waals surface area contributed by atoms with Crippen molar-refractivity contribution >= 4 is 0 Å². The molecule has 0 spiro atoms. The molecular formula is C18H30N2. The van der Waals surface area contributed by atoms with Gasteiger partial charge in [0.05, 0.1) is 0 Å². The Morgan fingerprint density at radius 1 is 1.20 bits per heavy atom. The van der Waals surface area contributed by atoms with Crippen molar-refractivity contribution in [1.82, 2.24) is 4.90 Å². The summed E-state index contributed by atoms with van der Waals surface area (Å²) in [4.78, 5) is 2.66. The lowest BCUT2D eigenvalue weighted by Crippen LogP contribution is -2.31. The summed E-state index contributed by atoms with van der Waals surface area (Å²) >= 11 is 0. The Hall–Kier alpha value is -0.860. The SMILES string of the molecule is Cc1cccc(C(N)CCN(CCC(C)C)C2CC2)c1. The summed E-state index contributed by atoms with van der Waals surface area (Å²) < 4.78 is 0. The molecule has 0 saturated heterocycles. The standard InChI is InChI=1S/C18H30N2/c1-14(2)9-11-20(17-7-8-17)12-10-18(19)16-6-4-5-15(3)13-16/h4-6,13-14,17-18H,7-12,19H2,1-3H3. The summed E-state index contributed by atoms with van der Waals surface area (Å²) in [5.74, 6) is 0.793. The Morgan fingerprint density at radius 3 is 2.50 bits per heavy atom. The number of nitrogens with two attached hydrogens (primary N) is 1. The zero-order valence-corrected chi connectivity index (χ0v) is 13.3. The summed E-state index contributed by atoms with van der Waals surface area (Å²) in [6.45, 7) is 9.14. The average molecular weight is 274 g/mol. The van der Waals surface area contributed by atoms with E-state index in [1.165, 1.54) is 36.9 Å². The van der Waals surface area contributed by atoms with Crippen LogP contribution in [0.3, 0.4) is 0 Å². The van der Waals surface area contributed by atoms with Crippen LogP contribution in [0.25, 0.3) is 0 Å². The summed E-state index contributed by atoms with van der Waals surface area (Å²) in [5.41, 5.74) is 8.95. The van der Waals surface area contributed by atoms with E-state index in [4.69, 9.17) is 5.73 Å². The quantitative estimate of drug-likeness (QED) is 0.779. The highest BCUT2D eigenvalue weighted by atomic mass is 15.2. The molecule has 112 valence electrons. The van der Waals surface area contributed by atoms with Gasteiger partial charge < -0.3 is 10.6 Å². The molecule has 1 atom stereocenters. The highest BCUT2D eigenvalue weighted by molar-refractivity contribution is 5.24. The van der Waals surface area contributed by atoms with Crippen LogP contribution in [0, 0.1) is 12.8 Å². The van der Waals surface area contributed by atoms with Crippen LogP contribution in [0.5, 0.6) is 0 Å². The van der Waals surface area contributed by atoms with Gasteiger partial charge in [0.1, 0.15) is 0 Å². The molecule has 0 aliphatic heterocycles. The fourth-order valence-electron chi connectivity index (χ4n) is 2.71. The smallest absolute Gasteiger partial charge is 0.0307 e. The van der Waals surface area contributed by atoms with Crippen molar-refractivity contribution in [3.05, 3.63) is 35.4 Å². The number of nitrogens with zero attached hydrogens (tertiary/aromatic N) is 1. The monoisotopic (exact) mass is 274 g/mol. The third-order valence-corrected chi connectivity index (χ3v) is 4.25. The van der Waals surface area contributed by atoms with Crippen LogP contribution in [-0.2, 0) is 0 Å². The third-order valence-electron chi connectivity index (χ3n) is 4.25. The highest BCUT2D eigenvalue weighted by Gasteiger charge is 2.28. The Bertz CT molecular complexity index is 410. The molecule has 2 rings (SSSR count). The molecule has 2 heteroatoms. The summed E-state index contributed by atoms with van der Waals surface area (Å²) in [7, 11) is 0. The van der Waals surface area contributed by atoms with E-state index in [-0.39, 0.29) is 6.04 Å². The van der Waals surface area contributed by atoms with Gasteiger partial charge in [-0.15, -0.1) is 0 Å². The van der Waals surface area contributed by atoms with Gasteiger partial charge in [0.2, 0.25) is 0 Å². The largest absolute Gasteiger partial charge is 0.324 e. The molecule has 1 aromatic carbocycles. The molecule has 2 N–H and O–H groups in total. The van der Waals surface area contributed by atoms with E-state index in [9.17, 15) is 0 Å². The van der Waals surface area contributed by atoms with E-state index in [0.29, 0.717) is 0 Å². The van der Waals surface area contributed by atoms with Crippen LogP contribution >= 0.6 is 0 Å². The molecule has 1 fully saturated rings. The van der Waals surface area contributed by atoms with Gasteiger partial charge in [-0.3, -0.25) is 0 Å². The zero-order chi connectivity index (χ0) is 14.5. The maximum Gasteiger partial charge on any atom is 0.0307 e. The van der Waals surface area contributed by atoms with E-state index < -0.39 is 0 Å². The van der Waals surface area contributed by atoms with Gasteiger partial charge >= 0.3 is 0 Å². The Balaban J connectivity index is 1.82. The normalized spacial score (nSPS) is 16.9. The fraction of sp³-hybridized carbons (Fsp3) is 0.667. The first kappa shape index (κ1) is 15.5. The van der Waals surface area contributed by atoms with E-state index in [0.717, 1.165) is 24.9 Å². The second-order valence-electron chi connectivity index (χ2n) is 6.76. The minimum absolute atomic E-state index is 0.176. The number of benzene rings is 1. The van der Waals surface area contributed by atoms with Crippen LogP contribution in [-0.4, -0.2) is 24.0 Å². The summed E-state index contributed by atoms with van der Waals surface area (Å²) in [5, 5.41) is 0. The molecule has 0 aromatic heterocycles. The maximum absolute atomic E-state index is 6.36. The number of rotatable bonds is 8. The van der Waals surface area contributed by atoms with E-state index >= 15 is 0 Å². The molecule has 0 radical (unpaired) electrons. The van der Waals surface area contributed by atoms with Crippen LogP contribution in [0.1, 0.15) is 56.7 Å². The van der Waals surface area contributed by atoms with Crippen molar-refractivity contribution in [3.8, 4) is 0 Å². The first-order valence-electron chi connectivity index (χ1n) is 8.12. The van der Waals surface area contributed by atoms with E-state index in [2.05, 4.69) is 49.9 Å². The highest BCUT2D eigenvalue weighted by Crippen LogP contribution is 2.28. The molecule has 1 aromatic rings. The molecule has 1 aliphatic rings. The van der Waals surface area contributed by atoms with Gasteiger partial charge in [-0.25, -0.2) is 0 Å². The molecular weight excluding hydrogens is 244 g/mol. The van der Waals surface area contributed by atoms with Gasteiger partial charge in [-0.1, -0.05) is 43.7 Å². The average Bonchev–Trinajstić information content (AvgIpc) is 3.22. The second kappa shape index (κ2) is 7.24. The molecule has 20 heavy (non-hydrogen) atoms. The lowest BCUT2D eigenvalue weighted by atomic mass is 10.0. The fourth-order valence-corrected chi connectivity index (χ4v) is 2.71. The van der Waals surface area contributed by atoms with Gasteiger partial charge in [0.15, 0.2) is 0 Å². The van der Waals surface area contributed by atoms with E-state index in [1.54, 1.807) is 0 Å². The van der Waals surface area contributed by atoms with Gasteiger partial charge in [0, 0.05) is 18.6 Å². The molecule has 0 amide bonds. The zero-order valence-electron chi connectivity index (χ0n) is 13.3. The van der Waals surface area contributed by atoms with Gasteiger partial charge in [0.25, 0.3) is 0 Å². The maximum atomic E-state index is 6.36. The first-order chi connectivity index (χ1) is 9.56. The molecule has 1 unspecified atom stereocenters. The van der Waals surface area contributed by atoms with Crippen molar-refractivity contribution in [3.63, 3.8) is 0 Å². The van der Waals surface area contributed by atoms with Crippen LogP contribution in [0.2, 0.25) is 0 Å². The summed E-state index contributed by atoms with van der Waals surface area (Å²) in [6, 6.07) is 9.65. The van der Waals surface area contributed by atoms with E-state index in [1.807, 2.05) is 0 Å². The number of hydrogen-bond donors (Lipinski definition) is 1. The van der Waals surface area contributed by atoms with Crippen molar-refractivity contribution in [2.45, 2.75) is 58.5 Å². The predicted octanol–water partition coefficient (Wildman–Crippen LogP) is 3.90. The molecule has 1 aliphatic carbocycles. The minimum atomic E-state index is 0.176. The third kappa shape index (κ3) is 4.92. The van der Waals surface area contributed by atoms with Crippen LogP contribution in [0.4, 0.5) is 0 Å². The van der Waals surface area contributed by atoms with Crippen molar-refractivity contribution in [2.75, 3.05) is 13.1 Å². The van der Waals surface area contributed by atoms with Gasteiger partial charge in [-0.2, -0.15) is 0 Å². The van der Waals surface area contributed by atoms with Crippen LogP contribution < -0.4 is 5.73 Å². The number of aryl methyl sites for hydroxylation is 1. The molecule has 2 nitrogen and oxygen atoms in total. The lowest BCUT2D eigenvalue weighted by molar-refractivity contribution is 0.239. The molecule has 0 bridgehead atoms. The lowest BCUT2D eigenvalue weighted by Gasteiger charge is -2.24.